The van der Waals surface area contributed by atoms with Gasteiger partial charge in [0, 0.05) is 24.8 Å². The van der Waals surface area contributed by atoms with Crippen LogP contribution in [0.25, 0.3) is 11.1 Å². The number of nitrogens with zero attached hydrogens (tertiary/aromatic N) is 2. The fourth-order valence-electron chi connectivity index (χ4n) is 3.26. The van der Waals surface area contributed by atoms with Crippen molar-refractivity contribution in [2.24, 2.45) is 0 Å². The van der Waals surface area contributed by atoms with Crippen molar-refractivity contribution in [3.8, 4) is 0 Å². The fraction of sp³-hybridized carbons (Fsp3) is 0.250. The van der Waals surface area contributed by atoms with E-state index in [-0.39, 0.29) is 0 Å². The Morgan fingerprint density at radius 2 is 1.17 bits per heavy atom. The molecular weight excluding hydrogens is 220 g/mol. The molecule has 0 unspecified atom stereocenters. The minimum Gasteiger partial charge on any atom is -0.264 e. The average Bonchev–Trinajstić information content (AvgIpc) is 3.01. The highest BCUT2D eigenvalue weighted by Gasteiger charge is 2.24. The molecule has 0 spiro atoms. The van der Waals surface area contributed by atoms with Gasteiger partial charge in [0.05, 0.1) is 0 Å². The molecule has 0 amide bonds. The normalized spacial score (nSPS) is 20.9. The first kappa shape index (κ1) is 10.0. The molecule has 2 heteroatoms. The summed E-state index contributed by atoms with van der Waals surface area (Å²) in [6.45, 7) is 0. The van der Waals surface area contributed by atoms with E-state index >= 15 is 0 Å². The molecule has 2 aromatic heterocycles. The van der Waals surface area contributed by atoms with E-state index in [4.69, 9.17) is 0 Å². The predicted octanol–water partition coefficient (Wildman–Crippen LogP) is 3.28. The highest BCUT2D eigenvalue weighted by Crippen LogP contribution is 2.42. The van der Waals surface area contributed by atoms with Crippen molar-refractivity contribution < 1.29 is 0 Å². The molecule has 0 radical (unpaired) electrons. The molecule has 18 heavy (non-hydrogen) atoms. The quantitative estimate of drug-likeness (QED) is 0.699. The topological polar surface area (TPSA) is 25.8 Å². The summed E-state index contributed by atoms with van der Waals surface area (Å²) in [7, 11) is 0. The minimum absolute atomic E-state index is 1.14. The zero-order chi connectivity index (χ0) is 11.9. The molecule has 2 nitrogen and oxygen atoms in total. The second-order valence-corrected chi connectivity index (χ2v) is 5.02. The highest BCUT2D eigenvalue weighted by molar-refractivity contribution is 5.95. The lowest BCUT2D eigenvalue weighted by atomic mass is 9.98. The Kier molecular flexibility index (Phi) is 2.10. The molecule has 0 aliphatic heterocycles. The lowest BCUT2D eigenvalue weighted by Crippen LogP contribution is -1.87. The van der Waals surface area contributed by atoms with Crippen molar-refractivity contribution in [2.45, 2.75) is 25.7 Å². The maximum Gasteiger partial charge on any atom is 0.0306 e. The standard InChI is InChI=1S/C16H14N2/c1-3-15(13-5-7-17-9-11(1)13)16-4-2-12-10-18-8-6-14(12)16/h5-10H,1-4H2/b16-15+. The third-order valence-corrected chi connectivity index (χ3v) is 4.11. The van der Waals surface area contributed by atoms with Gasteiger partial charge < -0.3 is 0 Å². The molecule has 2 aromatic rings. The maximum absolute atomic E-state index is 4.23. The summed E-state index contributed by atoms with van der Waals surface area (Å²) in [5, 5.41) is 0. The Balaban J connectivity index is 1.93. The fourth-order valence-corrected chi connectivity index (χ4v) is 3.26. The van der Waals surface area contributed by atoms with E-state index in [0.29, 0.717) is 0 Å². The summed E-state index contributed by atoms with van der Waals surface area (Å²) < 4.78 is 0. The predicted molar refractivity (Wildman–Crippen MR) is 71.9 cm³/mol. The van der Waals surface area contributed by atoms with Crippen LogP contribution < -0.4 is 0 Å². The number of aromatic nitrogens is 2. The van der Waals surface area contributed by atoms with Crippen LogP contribution in [0.3, 0.4) is 0 Å². The smallest absolute Gasteiger partial charge is 0.0306 e. The Morgan fingerprint density at radius 1 is 0.667 bits per heavy atom. The number of aryl methyl sites for hydroxylation is 2. The van der Waals surface area contributed by atoms with Crippen molar-refractivity contribution in [3.63, 3.8) is 0 Å². The SMILES string of the molecule is c1cc2c(cn1)CC/C2=C1/CCc2cnccc21. The van der Waals surface area contributed by atoms with Gasteiger partial charge >= 0.3 is 0 Å². The van der Waals surface area contributed by atoms with Crippen LogP contribution in [0.15, 0.2) is 36.9 Å². The van der Waals surface area contributed by atoms with Crippen molar-refractivity contribution in [1.29, 1.82) is 0 Å². The average molecular weight is 234 g/mol. The zero-order valence-corrected chi connectivity index (χ0v) is 10.2. The lowest BCUT2D eigenvalue weighted by Gasteiger charge is -2.07. The molecule has 0 aromatic carbocycles. The minimum atomic E-state index is 1.14. The Labute approximate surface area is 106 Å². The van der Waals surface area contributed by atoms with Crippen LogP contribution in [0.4, 0.5) is 0 Å². The van der Waals surface area contributed by atoms with Gasteiger partial charge in [-0.05, 0) is 71.2 Å². The zero-order valence-electron chi connectivity index (χ0n) is 10.2. The lowest BCUT2D eigenvalue weighted by molar-refractivity contribution is 1.05. The summed E-state index contributed by atoms with van der Waals surface area (Å²) in [5.74, 6) is 0. The molecular formula is C16H14N2. The molecule has 2 heterocycles. The van der Waals surface area contributed by atoms with E-state index < -0.39 is 0 Å². The maximum atomic E-state index is 4.23. The first-order valence-corrected chi connectivity index (χ1v) is 6.52. The summed E-state index contributed by atoms with van der Waals surface area (Å²) in [4.78, 5) is 8.46. The van der Waals surface area contributed by atoms with Crippen molar-refractivity contribution in [3.05, 3.63) is 59.2 Å². The second kappa shape index (κ2) is 3.77. The van der Waals surface area contributed by atoms with Gasteiger partial charge in [0.15, 0.2) is 0 Å². The van der Waals surface area contributed by atoms with E-state index in [1.807, 2.05) is 24.8 Å². The molecule has 0 fully saturated rings. The first-order valence-electron chi connectivity index (χ1n) is 6.52. The number of hydrogen-bond donors (Lipinski definition) is 0. The van der Waals surface area contributed by atoms with Gasteiger partial charge in [-0.25, -0.2) is 0 Å². The van der Waals surface area contributed by atoms with Gasteiger partial charge in [-0.2, -0.15) is 0 Å². The molecule has 88 valence electrons. The summed E-state index contributed by atoms with van der Waals surface area (Å²) in [6.07, 6.45) is 12.5. The molecule has 0 N–H and O–H groups in total. The van der Waals surface area contributed by atoms with Crippen LogP contribution in [-0.4, -0.2) is 9.97 Å². The van der Waals surface area contributed by atoms with E-state index in [1.165, 1.54) is 33.4 Å². The van der Waals surface area contributed by atoms with E-state index in [0.717, 1.165) is 25.7 Å². The molecule has 0 saturated heterocycles. The third kappa shape index (κ3) is 1.35. The van der Waals surface area contributed by atoms with Gasteiger partial charge in [-0.3, -0.25) is 9.97 Å². The molecule has 2 aliphatic rings. The Bertz CT molecular complexity index is 598. The first-order chi connectivity index (χ1) is 8.93. The van der Waals surface area contributed by atoms with Gasteiger partial charge in [0.2, 0.25) is 0 Å². The second-order valence-electron chi connectivity index (χ2n) is 5.02. The van der Waals surface area contributed by atoms with Crippen LogP contribution in [0.2, 0.25) is 0 Å². The summed E-state index contributed by atoms with van der Waals surface area (Å²) in [6, 6.07) is 4.34. The number of pyridine rings is 2. The largest absolute Gasteiger partial charge is 0.264 e. The van der Waals surface area contributed by atoms with E-state index in [1.54, 1.807) is 0 Å². The van der Waals surface area contributed by atoms with Gasteiger partial charge in [-0.1, -0.05) is 0 Å². The molecule has 0 bridgehead atoms. The summed E-state index contributed by atoms with van der Waals surface area (Å²) >= 11 is 0. The van der Waals surface area contributed by atoms with Crippen molar-refractivity contribution in [1.82, 2.24) is 9.97 Å². The molecule has 4 rings (SSSR count). The van der Waals surface area contributed by atoms with Crippen LogP contribution in [0.5, 0.6) is 0 Å². The van der Waals surface area contributed by atoms with Crippen molar-refractivity contribution >= 4 is 11.1 Å². The van der Waals surface area contributed by atoms with Crippen LogP contribution in [0, 0.1) is 0 Å². The van der Waals surface area contributed by atoms with E-state index in [9.17, 15) is 0 Å². The Hall–Kier alpha value is -1.96. The van der Waals surface area contributed by atoms with Crippen LogP contribution in [-0.2, 0) is 12.8 Å². The van der Waals surface area contributed by atoms with Gasteiger partial charge in [0.25, 0.3) is 0 Å². The Morgan fingerprint density at radius 3 is 1.67 bits per heavy atom. The molecule has 0 saturated carbocycles. The number of rotatable bonds is 0. The van der Waals surface area contributed by atoms with Gasteiger partial charge in [0.1, 0.15) is 0 Å². The number of allylic oxidation sites excluding steroid dienone is 2. The number of hydrogen-bond acceptors (Lipinski definition) is 2. The molecule has 2 aliphatic carbocycles. The monoisotopic (exact) mass is 234 g/mol. The van der Waals surface area contributed by atoms with Crippen LogP contribution in [0.1, 0.15) is 35.1 Å². The van der Waals surface area contributed by atoms with Crippen LogP contribution >= 0.6 is 0 Å². The van der Waals surface area contributed by atoms with E-state index in [2.05, 4.69) is 22.1 Å². The third-order valence-electron chi connectivity index (χ3n) is 4.11. The van der Waals surface area contributed by atoms with Gasteiger partial charge in [-0.15, -0.1) is 0 Å². The molecule has 0 atom stereocenters. The highest BCUT2D eigenvalue weighted by atomic mass is 14.6. The summed E-state index contributed by atoms with van der Waals surface area (Å²) in [5.41, 5.74) is 8.73. The van der Waals surface area contributed by atoms with Crippen molar-refractivity contribution in [2.75, 3.05) is 0 Å². The number of fused-ring (bicyclic) bond motifs is 2.